The van der Waals surface area contributed by atoms with Gasteiger partial charge in [-0.05, 0) is 51.8 Å². The number of aryl methyl sites for hydroxylation is 2. The van der Waals surface area contributed by atoms with Crippen molar-refractivity contribution in [1.82, 2.24) is 5.32 Å². The predicted octanol–water partition coefficient (Wildman–Crippen LogP) is 3.47. The van der Waals surface area contributed by atoms with Crippen molar-refractivity contribution in [2.45, 2.75) is 46.8 Å². The van der Waals surface area contributed by atoms with Crippen LogP contribution in [-0.2, 0) is 11.3 Å². The molecule has 0 aromatic heterocycles. The fourth-order valence-electron chi connectivity index (χ4n) is 1.46. The van der Waals surface area contributed by atoms with Crippen molar-refractivity contribution in [1.29, 1.82) is 0 Å². The van der Waals surface area contributed by atoms with Crippen molar-refractivity contribution in [3.05, 3.63) is 34.6 Å². The highest BCUT2D eigenvalue weighted by Gasteiger charge is 2.16. The number of alkyl carbamates (subject to hydrolysis) is 1. The van der Waals surface area contributed by atoms with Crippen molar-refractivity contribution in [3.63, 3.8) is 0 Å². The molecule has 18 heavy (non-hydrogen) atoms. The topological polar surface area (TPSA) is 38.3 Å². The van der Waals surface area contributed by atoms with Gasteiger partial charge in [-0.15, -0.1) is 0 Å². The zero-order valence-electron chi connectivity index (χ0n) is 11.6. The lowest BCUT2D eigenvalue weighted by molar-refractivity contribution is 0.0523. The first kappa shape index (κ1) is 14.5. The zero-order chi connectivity index (χ0) is 13.9. The van der Waals surface area contributed by atoms with Crippen molar-refractivity contribution < 1.29 is 13.9 Å². The summed E-state index contributed by atoms with van der Waals surface area (Å²) in [6, 6.07) is 3.21. The normalized spacial score (nSPS) is 11.2. The highest BCUT2D eigenvalue weighted by Crippen LogP contribution is 2.14. The number of amides is 1. The summed E-state index contributed by atoms with van der Waals surface area (Å²) in [5.41, 5.74) is 1.81. The van der Waals surface area contributed by atoms with Crippen molar-refractivity contribution in [2.24, 2.45) is 0 Å². The molecule has 0 saturated carbocycles. The molecular weight excluding hydrogens is 232 g/mol. The lowest BCUT2D eigenvalue weighted by Crippen LogP contribution is -2.32. The number of rotatable bonds is 2. The molecule has 0 bridgehead atoms. The zero-order valence-corrected chi connectivity index (χ0v) is 11.6. The van der Waals surface area contributed by atoms with E-state index >= 15 is 0 Å². The summed E-state index contributed by atoms with van der Waals surface area (Å²) in [6.07, 6.45) is -0.542. The molecule has 0 heterocycles. The first-order valence-electron chi connectivity index (χ1n) is 5.91. The number of benzene rings is 1. The lowest BCUT2D eigenvalue weighted by atomic mass is 10.1. The molecule has 100 valence electrons. The highest BCUT2D eigenvalue weighted by atomic mass is 18.2. The minimum atomic E-state index is -0.550. The van der Waals surface area contributed by atoms with E-state index in [1.54, 1.807) is 26.8 Å². The average molecular weight is 252 g/mol. The predicted molar refractivity (Wildman–Crippen MR) is 68.9 cm³/mol. The van der Waals surface area contributed by atoms with Gasteiger partial charge in [0, 0.05) is 12.1 Å². The van der Waals surface area contributed by atoms with Crippen LogP contribution in [0.25, 0.3) is 0 Å². The monoisotopic (exact) mass is 252 g/mol. The van der Waals surface area contributed by atoms with Gasteiger partial charge in [0.25, 0.3) is 0 Å². The van der Waals surface area contributed by atoms with Crippen molar-refractivity contribution in [2.75, 3.05) is 0 Å². The van der Waals surface area contributed by atoms with Crippen LogP contribution in [0.15, 0.2) is 12.1 Å². The SMILES string of the molecule is Cc1cc([18F])c(CNC(=O)OC(C)(C)C)cc1C. The first-order valence-corrected chi connectivity index (χ1v) is 5.91. The molecule has 4 heteroatoms. The maximum atomic E-state index is 13.6. The largest absolute Gasteiger partial charge is 0.444 e. The number of nitrogens with one attached hydrogen (secondary N) is 1. The van der Waals surface area contributed by atoms with Gasteiger partial charge in [-0.1, -0.05) is 6.07 Å². The van der Waals surface area contributed by atoms with Crippen molar-refractivity contribution in [3.8, 4) is 0 Å². The molecule has 0 aliphatic rings. The smallest absolute Gasteiger partial charge is 0.407 e. The van der Waals surface area contributed by atoms with E-state index in [4.69, 9.17) is 4.74 Å². The van der Waals surface area contributed by atoms with E-state index < -0.39 is 11.7 Å². The van der Waals surface area contributed by atoms with E-state index in [1.165, 1.54) is 6.07 Å². The number of ether oxygens (including phenoxy) is 1. The number of hydrogen-bond donors (Lipinski definition) is 1. The molecule has 1 rings (SSSR count). The van der Waals surface area contributed by atoms with E-state index in [0.717, 1.165) is 11.1 Å². The van der Waals surface area contributed by atoms with Gasteiger partial charge in [0.1, 0.15) is 11.4 Å². The summed E-state index contributed by atoms with van der Waals surface area (Å²) in [6.45, 7) is 9.23. The van der Waals surface area contributed by atoms with E-state index in [1.807, 2.05) is 13.8 Å². The summed E-state index contributed by atoms with van der Waals surface area (Å²) in [4.78, 5) is 11.4. The molecular formula is C14H20FNO2. The van der Waals surface area contributed by atoms with Gasteiger partial charge < -0.3 is 10.1 Å². The van der Waals surface area contributed by atoms with Crippen LogP contribution in [0.1, 0.15) is 37.5 Å². The van der Waals surface area contributed by atoms with Gasteiger partial charge in [-0.2, -0.15) is 0 Å². The lowest BCUT2D eigenvalue weighted by Gasteiger charge is -2.19. The third kappa shape index (κ3) is 4.35. The molecule has 1 amide bonds. The Morgan fingerprint density at radius 2 is 1.83 bits per heavy atom. The minimum absolute atomic E-state index is 0.127. The number of hydrogen-bond acceptors (Lipinski definition) is 2. The maximum Gasteiger partial charge on any atom is 0.407 e. The van der Waals surface area contributed by atoms with Gasteiger partial charge in [-0.3, -0.25) is 0 Å². The molecule has 0 saturated heterocycles. The van der Waals surface area contributed by atoms with Crippen molar-refractivity contribution >= 4 is 6.09 Å². The number of carbonyl (C=O) groups excluding carboxylic acids is 1. The molecule has 0 aliphatic carbocycles. The van der Waals surface area contributed by atoms with Crippen LogP contribution in [-0.4, -0.2) is 11.7 Å². The van der Waals surface area contributed by atoms with Gasteiger partial charge >= 0.3 is 6.09 Å². The van der Waals surface area contributed by atoms with Crippen LogP contribution >= 0.6 is 0 Å². The Labute approximate surface area is 107 Å². The Bertz CT molecular complexity index is 450. The van der Waals surface area contributed by atoms with Crippen LogP contribution in [0.3, 0.4) is 0 Å². The second-order valence-corrected chi connectivity index (χ2v) is 5.38. The molecule has 1 N–H and O–H groups in total. The van der Waals surface area contributed by atoms with Crippen LogP contribution in [0.2, 0.25) is 0 Å². The summed E-state index contributed by atoms with van der Waals surface area (Å²) < 4.78 is 18.7. The fourth-order valence-corrected chi connectivity index (χ4v) is 1.46. The molecule has 0 fully saturated rings. The highest BCUT2D eigenvalue weighted by molar-refractivity contribution is 5.67. The van der Waals surface area contributed by atoms with Gasteiger partial charge in [-0.25, -0.2) is 9.18 Å². The Morgan fingerprint density at radius 3 is 2.39 bits per heavy atom. The van der Waals surface area contributed by atoms with E-state index in [2.05, 4.69) is 5.32 Å². The Hall–Kier alpha value is -1.58. The standard InChI is InChI=1S/C14H20FNO2/c1-9-6-11(12(15)7-10(9)2)8-16-13(17)18-14(3,4)5/h6-7H,8H2,1-5H3,(H,16,17)/i15-1. The van der Waals surface area contributed by atoms with Gasteiger partial charge in [0.2, 0.25) is 0 Å². The first-order chi connectivity index (χ1) is 8.19. The summed E-state index contributed by atoms with van der Waals surface area (Å²) >= 11 is 0. The second kappa shape index (κ2) is 5.38. The minimum Gasteiger partial charge on any atom is -0.444 e. The molecule has 0 atom stereocenters. The summed E-state index contributed by atoms with van der Waals surface area (Å²) in [5.74, 6) is -0.311. The van der Waals surface area contributed by atoms with E-state index in [9.17, 15) is 9.18 Å². The van der Waals surface area contributed by atoms with Crippen LogP contribution in [0, 0.1) is 19.7 Å². The Kier molecular flexibility index (Phi) is 4.33. The maximum absolute atomic E-state index is 13.6. The van der Waals surface area contributed by atoms with E-state index in [0.29, 0.717) is 5.56 Å². The number of halogens is 1. The third-order valence-electron chi connectivity index (χ3n) is 2.48. The van der Waals surface area contributed by atoms with E-state index in [-0.39, 0.29) is 12.4 Å². The molecule has 0 unspecified atom stereocenters. The second-order valence-electron chi connectivity index (χ2n) is 5.38. The molecule has 3 nitrogen and oxygen atoms in total. The third-order valence-corrected chi connectivity index (χ3v) is 2.48. The Morgan fingerprint density at radius 1 is 1.28 bits per heavy atom. The Balaban J connectivity index is 2.64. The average Bonchev–Trinajstić information content (AvgIpc) is 2.19. The van der Waals surface area contributed by atoms with Crippen LogP contribution in [0.5, 0.6) is 0 Å². The quantitative estimate of drug-likeness (QED) is 0.875. The number of carbonyl (C=O) groups is 1. The van der Waals surface area contributed by atoms with Crippen LogP contribution < -0.4 is 5.32 Å². The summed E-state index contributed by atoms with van der Waals surface area (Å²) in [7, 11) is 0. The molecule has 0 aliphatic heterocycles. The molecule has 1 aromatic rings. The summed E-state index contributed by atoms with van der Waals surface area (Å²) in [5, 5.41) is 2.54. The van der Waals surface area contributed by atoms with Gasteiger partial charge in [0.05, 0.1) is 0 Å². The fraction of sp³-hybridized carbons (Fsp3) is 0.500. The molecule has 0 radical (unpaired) electrons. The molecule has 0 spiro atoms. The molecule has 1 aromatic carbocycles. The van der Waals surface area contributed by atoms with Gasteiger partial charge in [0.15, 0.2) is 0 Å². The van der Waals surface area contributed by atoms with Crippen LogP contribution in [0.4, 0.5) is 9.18 Å².